The van der Waals surface area contributed by atoms with E-state index in [0.717, 1.165) is 11.3 Å². The number of ether oxygens (including phenoxy) is 6. The summed E-state index contributed by atoms with van der Waals surface area (Å²) in [4.78, 5) is 32.5. The Morgan fingerprint density at radius 1 is 0.925 bits per heavy atom. The zero-order chi connectivity index (χ0) is 29.0. The molecule has 2 aromatic heterocycles. The van der Waals surface area contributed by atoms with Crippen molar-refractivity contribution in [2.75, 3.05) is 54.5 Å². The van der Waals surface area contributed by atoms with Crippen LogP contribution in [0, 0.1) is 6.92 Å². The molecule has 0 bridgehead atoms. The van der Waals surface area contributed by atoms with Crippen molar-refractivity contribution in [2.24, 2.45) is 0 Å². The van der Waals surface area contributed by atoms with E-state index in [0.29, 0.717) is 55.6 Å². The van der Waals surface area contributed by atoms with Crippen LogP contribution in [0.2, 0.25) is 0 Å². The number of nitrogen functional groups attached to an aromatic ring is 1. The van der Waals surface area contributed by atoms with Crippen LogP contribution < -0.4 is 24.7 Å². The van der Waals surface area contributed by atoms with Crippen molar-refractivity contribution in [3.05, 3.63) is 58.1 Å². The van der Waals surface area contributed by atoms with Crippen LogP contribution in [0.4, 0.5) is 5.69 Å². The number of aromatic nitrogens is 1. The molecule has 10 nitrogen and oxygen atoms in total. The zero-order valence-electron chi connectivity index (χ0n) is 23.1. The molecule has 0 saturated carbocycles. The highest BCUT2D eigenvalue weighted by atomic mass is 32.1. The first-order chi connectivity index (χ1) is 19.3. The minimum atomic E-state index is -0.612. The Hall–Kier alpha value is -4.35. The maximum absolute atomic E-state index is 13.6. The fraction of sp³-hybridized carbons (Fsp3) is 0.276. The Morgan fingerprint density at radius 2 is 1.62 bits per heavy atom. The maximum atomic E-state index is 13.6. The molecule has 0 amide bonds. The van der Waals surface area contributed by atoms with Gasteiger partial charge in [0.25, 0.3) is 0 Å². The van der Waals surface area contributed by atoms with E-state index in [4.69, 9.17) is 34.2 Å². The number of hydrogen-bond acceptors (Lipinski definition) is 11. The lowest BCUT2D eigenvalue weighted by molar-refractivity contribution is 0.0388. The number of hydrogen-bond donors (Lipinski definition) is 1. The van der Waals surface area contributed by atoms with Crippen LogP contribution in [-0.4, -0.2) is 65.5 Å². The number of carbonyl (C=O) groups is 2. The van der Waals surface area contributed by atoms with Crippen molar-refractivity contribution in [1.29, 1.82) is 0 Å². The van der Waals surface area contributed by atoms with Gasteiger partial charge in [0.2, 0.25) is 11.5 Å². The van der Waals surface area contributed by atoms with E-state index in [9.17, 15) is 9.59 Å². The summed E-state index contributed by atoms with van der Waals surface area (Å²) in [6, 6.07) is 10.2. The number of anilines is 1. The van der Waals surface area contributed by atoms with Crippen molar-refractivity contribution < 1.29 is 38.0 Å². The molecule has 2 heterocycles. The Bertz CT molecular complexity index is 1560. The molecular formula is C29H30N2O8S. The molecule has 0 aliphatic rings. The normalized spacial score (nSPS) is 10.8. The van der Waals surface area contributed by atoms with E-state index >= 15 is 0 Å². The summed E-state index contributed by atoms with van der Waals surface area (Å²) < 4.78 is 32.4. The van der Waals surface area contributed by atoms with Gasteiger partial charge in [-0.1, -0.05) is 12.1 Å². The lowest BCUT2D eigenvalue weighted by atomic mass is 9.94. The number of esters is 1. The number of ketones is 1. The predicted molar refractivity (Wildman–Crippen MR) is 152 cm³/mol. The predicted octanol–water partition coefficient (Wildman–Crippen LogP) is 4.92. The standard InChI is InChI=1S/C29H30N2O8S/c1-15-21(29(33)39-11-10-34-2)22(17-13-19(36-4)26(38-6)20(14-17)37-5)23-24(30)27(40-28(23)31-15)25(32)16-8-7-9-18(12-16)35-3/h7-9,12-14H,10-11,30H2,1-6H3. The van der Waals surface area contributed by atoms with Crippen LogP contribution >= 0.6 is 11.3 Å². The molecular weight excluding hydrogens is 536 g/mol. The topological polar surface area (TPSA) is 128 Å². The Morgan fingerprint density at radius 3 is 2.23 bits per heavy atom. The van der Waals surface area contributed by atoms with Crippen LogP contribution in [0.3, 0.4) is 0 Å². The van der Waals surface area contributed by atoms with Gasteiger partial charge in [0.15, 0.2) is 11.5 Å². The van der Waals surface area contributed by atoms with Crippen LogP contribution in [0.15, 0.2) is 36.4 Å². The highest BCUT2D eigenvalue weighted by Gasteiger charge is 2.29. The third kappa shape index (κ3) is 5.25. The van der Waals surface area contributed by atoms with E-state index in [-0.39, 0.29) is 35.1 Å². The second kappa shape index (κ2) is 12.2. The second-order valence-electron chi connectivity index (χ2n) is 8.58. The fourth-order valence-electron chi connectivity index (χ4n) is 4.38. The van der Waals surface area contributed by atoms with E-state index < -0.39 is 5.97 Å². The molecule has 40 heavy (non-hydrogen) atoms. The molecule has 210 valence electrons. The van der Waals surface area contributed by atoms with Gasteiger partial charge in [0, 0.05) is 23.6 Å². The van der Waals surface area contributed by atoms with Crippen molar-refractivity contribution in [3.8, 4) is 34.1 Å². The largest absolute Gasteiger partial charge is 0.497 e. The van der Waals surface area contributed by atoms with Gasteiger partial charge in [-0.2, -0.15) is 0 Å². The van der Waals surface area contributed by atoms with Gasteiger partial charge >= 0.3 is 5.97 Å². The smallest absolute Gasteiger partial charge is 0.340 e. The van der Waals surface area contributed by atoms with E-state index in [1.165, 1.54) is 35.5 Å². The number of nitrogens with zero attached hydrogens (tertiary/aromatic N) is 1. The highest BCUT2D eigenvalue weighted by molar-refractivity contribution is 7.21. The van der Waals surface area contributed by atoms with Gasteiger partial charge in [-0.15, -0.1) is 11.3 Å². The summed E-state index contributed by atoms with van der Waals surface area (Å²) >= 11 is 1.15. The number of carbonyl (C=O) groups excluding carboxylic acids is 2. The molecule has 2 aromatic carbocycles. The molecule has 11 heteroatoms. The van der Waals surface area contributed by atoms with Crippen LogP contribution in [-0.2, 0) is 9.47 Å². The van der Waals surface area contributed by atoms with Gasteiger partial charge in [0.1, 0.15) is 22.1 Å². The average molecular weight is 567 g/mol. The van der Waals surface area contributed by atoms with Crippen LogP contribution in [0.1, 0.15) is 31.3 Å². The van der Waals surface area contributed by atoms with E-state index in [1.807, 2.05) is 0 Å². The number of benzene rings is 2. The molecule has 4 rings (SSSR count). The van der Waals surface area contributed by atoms with Crippen molar-refractivity contribution in [1.82, 2.24) is 4.98 Å². The SMILES string of the molecule is COCCOC(=O)c1c(C)nc2sc(C(=O)c3cccc(OC)c3)c(N)c2c1-c1cc(OC)c(OC)c(OC)c1. The Kier molecular flexibility index (Phi) is 8.76. The number of aryl methyl sites for hydroxylation is 1. The summed E-state index contributed by atoms with van der Waals surface area (Å²) in [5.41, 5.74) is 8.85. The lowest BCUT2D eigenvalue weighted by Crippen LogP contribution is -2.14. The minimum Gasteiger partial charge on any atom is -0.497 e. The Balaban J connectivity index is 2.03. The first-order valence-corrected chi connectivity index (χ1v) is 13.0. The number of rotatable bonds is 11. The number of methoxy groups -OCH3 is 5. The summed E-state index contributed by atoms with van der Waals surface area (Å²) in [5, 5.41) is 0.440. The molecule has 0 aliphatic carbocycles. The average Bonchev–Trinajstić information content (AvgIpc) is 3.30. The third-order valence-corrected chi connectivity index (χ3v) is 7.37. The number of nitrogens with two attached hydrogens (primary N) is 1. The first-order valence-electron chi connectivity index (χ1n) is 12.2. The molecule has 0 radical (unpaired) electrons. The minimum absolute atomic E-state index is 0.0419. The van der Waals surface area contributed by atoms with Crippen LogP contribution in [0.25, 0.3) is 21.3 Å². The lowest BCUT2D eigenvalue weighted by Gasteiger charge is -2.18. The Labute approximate surface area is 235 Å². The number of thiophene rings is 1. The zero-order valence-corrected chi connectivity index (χ0v) is 23.9. The van der Waals surface area contributed by atoms with Crippen molar-refractivity contribution in [2.45, 2.75) is 6.92 Å². The quantitative estimate of drug-likeness (QED) is 0.152. The summed E-state index contributed by atoms with van der Waals surface area (Å²) in [5.74, 6) is 0.765. The van der Waals surface area contributed by atoms with Gasteiger partial charge in [-0.3, -0.25) is 4.79 Å². The van der Waals surface area contributed by atoms with Gasteiger partial charge in [0.05, 0.1) is 52.0 Å². The number of pyridine rings is 1. The third-order valence-electron chi connectivity index (χ3n) is 6.27. The van der Waals surface area contributed by atoms with E-state index in [2.05, 4.69) is 4.98 Å². The molecule has 0 fully saturated rings. The highest BCUT2D eigenvalue weighted by Crippen LogP contribution is 2.47. The summed E-state index contributed by atoms with van der Waals surface area (Å²) in [7, 11) is 7.54. The first kappa shape index (κ1) is 28.7. The van der Waals surface area contributed by atoms with Crippen LogP contribution in [0.5, 0.6) is 23.0 Å². The second-order valence-corrected chi connectivity index (χ2v) is 9.58. The fourth-order valence-corrected chi connectivity index (χ4v) is 5.50. The number of fused-ring (bicyclic) bond motifs is 1. The van der Waals surface area contributed by atoms with Crippen molar-refractivity contribution in [3.63, 3.8) is 0 Å². The van der Waals surface area contributed by atoms with Gasteiger partial charge in [-0.25, -0.2) is 9.78 Å². The molecule has 4 aromatic rings. The summed E-state index contributed by atoms with van der Waals surface area (Å²) in [6.45, 7) is 1.97. The molecule has 0 aliphatic heterocycles. The van der Waals surface area contributed by atoms with Crippen molar-refractivity contribution >= 4 is 39.0 Å². The molecule has 0 saturated heterocycles. The summed E-state index contributed by atoms with van der Waals surface area (Å²) in [6.07, 6.45) is 0. The molecule has 2 N–H and O–H groups in total. The van der Waals surface area contributed by atoms with Gasteiger partial charge in [-0.05, 0) is 36.8 Å². The van der Waals surface area contributed by atoms with E-state index in [1.54, 1.807) is 43.3 Å². The maximum Gasteiger partial charge on any atom is 0.340 e. The molecule has 0 unspecified atom stereocenters. The van der Waals surface area contributed by atoms with Gasteiger partial charge < -0.3 is 34.2 Å². The molecule has 0 atom stereocenters. The monoisotopic (exact) mass is 566 g/mol. The molecule has 0 spiro atoms.